The molecule has 0 fully saturated rings. The summed E-state index contributed by atoms with van der Waals surface area (Å²) in [7, 11) is 0. The monoisotopic (exact) mass is 449 g/mol. The lowest BCUT2D eigenvalue weighted by Crippen LogP contribution is -2.59. The molecule has 3 aliphatic heterocycles. The number of nitrogens with zero attached hydrogens (tertiary/aromatic N) is 1. The van der Waals surface area contributed by atoms with E-state index in [1.54, 1.807) is 0 Å². The van der Waals surface area contributed by atoms with Crippen LogP contribution in [0.1, 0.15) is 0 Å². The second kappa shape index (κ2) is 6.07. The van der Waals surface area contributed by atoms with Crippen molar-refractivity contribution >= 4 is 44.9 Å². The van der Waals surface area contributed by atoms with E-state index in [9.17, 15) is 0 Å². The smallest absolute Gasteiger partial charge is 0.270 e. The molecule has 0 N–H and O–H groups in total. The van der Waals surface area contributed by atoms with Crippen LogP contribution in [0.3, 0.4) is 0 Å². The number of ether oxygens (including phenoxy) is 3. The quantitative estimate of drug-likeness (QED) is 0.305. The van der Waals surface area contributed by atoms with E-state index < -0.39 is 0 Å². The standard InChI is InChI=1S/C30H16BNO3/c1-2-8-17(9-3-1)32-20-11-5-4-10-18(20)19-16-25-28-30(29(19)32)35-24-15-7-13-22-27(24)31(28)26-21(33-22)12-6-14-23(26)34-25/h1-16H. The van der Waals surface area contributed by atoms with Crippen molar-refractivity contribution in [2.45, 2.75) is 0 Å². The fraction of sp³-hybridized carbons (Fsp3) is 0. The second-order valence-corrected chi connectivity index (χ2v) is 9.28. The van der Waals surface area contributed by atoms with Crippen molar-refractivity contribution < 1.29 is 14.2 Å². The van der Waals surface area contributed by atoms with E-state index in [1.165, 1.54) is 5.39 Å². The molecule has 5 heteroatoms. The van der Waals surface area contributed by atoms with Gasteiger partial charge in [-0.1, -0.05) is 48.5 Å². The van der Waals surface area contributed by atoms with E-state index in [4.69, 9.17) is 14.2 Å². The minimum Gasteiger partial charge on any atom is -0.458 e. The summed E-state index contributed by atoms with van der Waals surface area (Å²) in [5, 5.41) is 2.29. The summed E-state index contributed by atoms with van der Waals surface area (Å²) in [5.41, 5.74) is 6.52. The van der Waals surface area contributed by atoms with E-state index in [2.05, 4.69) is 59.2 Å². The molecule has 0 aliphatic carbocycles. The fourth-order valence-corrected chi connectivity index (χ4v) is 6.14. The van der Waals surface area contributed by atoms with Crippen LogP contribution < -0.4 is 30.6 Å². The van der Waals surface area contributed by atoms with E-state index in [0.717, 1.165) is 73.0 Å². The van der Waals surface area contributed by atoms with Gasteiger partial charge in [-0.05, 0) is 48.5 Å². The maximum Gasteiger partial charge on any atom is 0.270 e. The number of benzene rings is 5. The molecule has 0 atom stereocenters. The van der Waals surface area contributed by atoms with Gasteiger partial charge in [-0.2, -0.15) is 0 Å². The molecule has 6 aromatic rings. The first-order valence-electron chi connectivity index (χ1n) is 11.8. The Bertz CT molecular complexity index is 1870. The minimum absolute atomic E-state index is 0.000264. The fourth-order valence-electron chi connectivity index (χ4n) is 6.14. The molecule has 162 valence electrons. The first kappa shape index (κ1) is 17.8. The summed E-state index contributed by atoms with van der Waals surface area (Å²) >= 11 is 0. The molecule has 0 spiro atoms. The van der Waals surface area contributed by atoms with Crippen molar-refractivity contribution in [1.29, 1.82) is 0 Å². The average molecular weight is 449 g/mol. The molecule has 3 aliphatic rings. The second-order valence-electron chi connectivity index (χ2n) is 9.28. The van der Waals surface area contributed by atoms with Crippen LogP contribution in [0, 0.1) is 0 Å². The van der Waals surface area contributed by atoms with Crippen LogP contribution in [0.4, 0.5) is 0 Å². The first-order valence-corrected chi connectivity index (χ1v) is 11.8. The Kier molecular flexibility index (Phi) is 3.09. The third kappa shape index (κ3) is 2.10. The van der Waals surface area contributed by atoms with Crippen LogP contribution in [-0.2, 0) is 0 Å². The van der Waals surface area contributed by atoms with Crippen molar-refractivity contribution in [3.8, 4) is 40.2 Å². The third-order valence-electron chi connectivity index (χ3n) is 7.50. The Morgan fingerprint density at radius 1 is 0.514 bits per heavy atom. The van der Waals surface area contributed by atoms with Crippen molar-refractivity contribution in [3.63, 3.8) is 0 Å². The van der Waals surface area contributed by atoms with Gasteiger partial charge in [0.2, 0.25) is 0 Å². The highest BCUT2D eigenvalue weighted by Gasteiger charge is 2.47. The van der Waals surface area contributed by atoms with Gasteiger partial charge >= 0.3 is 0 Å². The molecule has 0 unspecified atom stereocenters. The van der Waals surface area contributed by atoms with Gasteiger partial charge in [0.1, 0.15) is 28.7 Å². The van der Waals surface area contributed by atoms with Crippen LogP contribution in [0.2, 0.25) is 0 Å². The normalized spacial score (nSPS) is 13.8. The summed E-state index contributed by atoms with van der Waals surface area (Å²) in [6, 6.07) is 33.3. The summed E-state index contributed by atoms with van der Waals surface area (Å²) in [4.78, 5) is 0. The van der Waals surface area contributed by atoms with E-state index >= 15 is 0 Å². The van der Waals surface area contributed by atoms with Crippen LogP contribution in [0.25, 0.3) is 27.5 Å². The molecular weight excluding hydrogens is 433 g/mol. The Balaban J connectivity index is 1.49. The topological polar surface area (TPSA) is 32.6 Å². The zero-order valence-electron chi connectivity index (χ0n) is 18.5. The average Bonchev–Trinajstić information content (AvgIpc) is 3.24. The highest BCUT2D eigenvalue weighted by molar-refractivity contribution is 6.99. The lowest BCUT2D eigenvalue weighted by atomic mass is 9.34. The summed E-state index contributed by atoms with van der Waals surface area (Å²) in [6.45, 7) is 0.000264. The van der Waals surface area contributed by atoms with Crippen molar-refractivity contribution in [2.75, 3.05) is 0 Å². The molecule has 0 saturated carbocycles. The van der Waals surface area contributed by atoms with Crippen LogP contribution in [-0.4, -0.2) is 11.3 Å². The largest absolute Gasteiger partial charge is 0.458 e. The van der Waals surface area contributed by atoms with Gasteiger partial charge < -0.3 is 18.8 Å². The van der Waals surface area contributed by atoms with E-state index in [-0.39, 0.29) is 6.71 Å². The Hall–Kier alpha value is -4.64. The highest BCUT2D eigenvalue weighted by atomic mass is 16.5. The van der Waals surface area contributed by atoms with Crippen molar-refractivity contribution in [3.05, 3.63) is 97.1 Å². The van der Waals surface area contributed by atoms with Gasteiger partial charge in [0.05, 0.1) is 11.0 Å². The van der Waals surface area contributed by atoms with Crippen LogP contribution >= 0.6 is 0 Å². The lowest BCUT2D eigenvalue weighted by molar-refractivity contribution is 0.445. The summed E-state index contributed by atoms with van der Waals surface area (Å²) in [6.07, 6.45) is 0. The maximum atomic E-state index is 6.77. The molecule has 4 nitrogen and oxygen atoms in total. The maximum absolute atomic E-state index is 6.77. The Morgan fingerprint density at radius 3 is 1.89 bits per heavy atom. The van der Waals surface area contributed by atoms with Crippen LogP contribution in [0.5, 0.6) is 34.5 Å². The molecule has 4 heterocycles. The van der Waals surface area contributed by atoms with Gasteiger partial charge in [-0.3, -0.25) is 0 Å². The van der Waals surface area contributed by atoms with Crippen LogP contribution in [0.15, 0.2) is 97.1 Å². The SMILES string of the molecule is c1ccc(-n2c3ccccc3c3cc4c5c(c32)Oc2cccc3c2B5c2c(cccc2O4)O3)cc1. The molecule has 0 amide bonds. The van der Waals surface area contributed by atoms with Gasteiger partial charge in [-0.25, -0.2) is 0 Å². The summed E-state index contributed by atoms with van der Waals surface area (Å²) < 4.78 is 22.0. The van der Waals surface area contributed by atoms with Gasteiger partial charge in [0.15, 0.2) is 5.75 Å². The number of para-hydroxylation sites is 2. The Morgan fingerprint density at radius 2 is 1.14 bits per heavy atom. The zero-order valence-corrected chi connectivity index (χ0v) is 18.5. The van der Waals surface area contributed by atoms with Crippen molar-refractivity contribution in [1.82, 2.24) is 4.57 Å². The zero-order chi connectivity index (χ0) is 22.7. The number of fused-ring (bicyclic) bond motifs is 4. The third-order valence-corrected chi connectivity index (χ3v) is 7.50. The molecule has 9 rings (SSSR count). The first-order chi connectivity index (χ1) is 17.4. The van der Waals surface area contributed by atoms with Crippen molar-refractivity contribution in [2.24, 2.45) is 0 Å². The van der Waals surface area contributed by atoms with E-state index in [1.807, 2.05) is 42.5 Å². The molecule has 1 aromatic heterocycles. The number of rotatable bonds is 1. The molecule has 35 heavy (non-hydrogen) atoms. The number of hydrogen-bond donors (Lipinski definition) is 0. The molecule has 0 radical (unpaired) electrons. The predicted octanol–water partition coefficient (Wildman–Crippen LogP) is 5.62. The Labute approximate surface area is 201 Å². The summed E-state index contributed by atoms with van der Waals surface area (Å²) in [5.74, 6) is 5.08. The molecule has 0 bridgehead atoms. The van der Waals surface area contributed by atoms with Gasteiger partial charge in [0, 0.05) is 32.8 Å². The molecule has 5 aromatic carbocycles. The van der Waals surface area contributed by atoms with Gasteiger partial charge in [0.25, 0.3) is 6.71 Å². The highest BCUT2D eigenvalue weighted by Crippen LogP contribution is 2.47. The predicted molar refractivity (Wildman–Crippen MR) is 139 cm³/mol. The van der Waals surface area contributed by atoms with E-state index in [0.29, 0.717) is 0 Å². The lowest BCUT2D eigenvalue weighted by Gasteiger charge is -2.37. The molecule has 0 saturated heterocycles. The number of hydrogen-bond acceptors (Lipinski definition) is 3. The minimum atomic E-state index is 0.000264. The van der Waals surface area contributed by atoms with Gasteiger partial charge in [-0.15, -0.1) is 0 Å². The number of aromatic nitrogens is 1. The molecular formula is C30H16BNO3.